The first-order chi connectivity index (χ1) is 4.70. The van der Waals surface area contributed by atoms with Crippen molar-refractivity contribution in [3.8, 4) is 0 Å². The molecule has 0 spiro atoms. The van der Waals surface area contributed by atoms with E-state index < -0.39 is 0 Å². The van der Waals surface area contributed by atoms with Crippen molar-refractivity contribution in [3.05, 3.63) is 0 Å². The summed E-state index contributed by atoms with van der Waals surface area (Å²) in [6, 6.07) is 0.445. The van der Waals surface area contributed by atoms with Gasteiger partial charge in [-0.2, -0.15) is 0 Å². The number of hydrogen-bond donors (Lipinski definition) is 1. The van der Waals surface area contributed by atoms with Crippen LogP contribution in [0.25, 0.3) is 0 Å². The smallest absolute Gasteiger partial charge is 0.00619 e. The fourth-order valence-corrected chi connectivity index (χ4v) is 1.17. The minimum Gasteiger partial charge on any atom is -0.327 e. The Bertz CT molecular complexity index is 94.9. The van der Waals surface area contributed by atoms with Gasteiger partial charge >= 0.3 is 0 Å². The highest BCUT2D eigenvalue weighted by atomic mass is 14.6. The van der Waals surface area contributed by atoms with E-state index in [0.717, 1.165) is 5.92 Å². The van der Waals surface area contributed by atoms with Crippen LogP contribution in [0.2, 0.25) is 0 Å². The first-order valence-electron chi connectivity index (χ1n) is 4.45. The van der Waals surface area contributed by atoms with E-state index in [1.807, 2.05) is 0 Å². The van der Waals surface area contributed by atoms with Crippen LogP contribution in [0, 0.1) is 11.8 Å². The molecule has 1 saturated carbocycles. The zero-order valence-corrected chi connectivity index (χ0v) is 7.14. The number of nitrogens with two attached hydrogens (primary N) is 1. The quantitative estimate of drug-likeness (QED) is 0.638. The summed E-state index contributed by atoms with van der Waals surface area (Å²) in [5.41, 5.74) is 5.89. The van der Waals surface area contributed by atoms with Gasteiger partial charge in [0.05, 0.1) is 0 Å². The molecular weight excluding hydrogens is 122 g/mol. The fourth-order valence-electron chi connectivity index (χ4n) is 1.17. The summed E-state index contributed by atoms with van der Waals surface area (Å²) in [7, 11) is 0. The van der Waals surface area contributed by atoms with Crippen LogP contribution in [-0.2, 0) is 0 Å². The highest BCUT2D eigenvalue weighted by Gasteiger charge is 2.22. The molecule has 0 heterocycles. The largest absolute Gasteiger partial charge is 0.327 e. The van der Waals surface area contributed by atoms with E-state index in [-0.39, 0.29) is 0 Å². The molecule has 0 aliphatic heterocycles. The van der Waals surface area contributed by atoms with Gasteiger partial charge in [-0.3, -0.25) is 0 Å². The minimum absolute atomic E-state index is 0.445. The average molecular weight is 141 g/mol. The molecule has 10 heavy (non-hydrogen) atoms. The maximum atomic E-state index is 5.89. The molecule has 1 aliphatic carbocycles. The lowest BCUT2D eigenvalue weighted by molar-refractivity contribution is 0.441. The first-order valence-corrected chi connectivity index (χ1v) is 4.45. The van der Waals surface area contributed by atoms with Gasteiger partial charge in [0, 0.05) is 6.04 Å². The van der Waals surface area contributed by atoms with Crippen molar-refractivity contribution in [2.75, 3.05) is 0 Å². The average Bonchev–Trinajstić information content (AvgIpc) is 2.64. The molecule has 0 amide bonds. The SMILES string of the molecule is CC(C)C(N)CCC1CC1. The second-order valence-electron chi connectivity index (χ2n) is 3.93. The van der Waals surface area contributed by atoms with Gasteiger partial charge in [-0.15, -0.1) is 0 Å². The zero-order chi connectivity index (χ0) is 7.56. The second-order valence-corrected chi connectivity index (χ2v) is 3.93. The van der Waals surface area contributed by atoms with Crippen molar-refractivity contribution in [2.45, 2.75) is 45.6 Å². The summed E-state index contributed by atoms with van der Waals surface area (Å²) in [5.74, 6) is 1.71. The van der Waals surface area contributed by atoms with Crippen LogP contribution in [0.3, 0.4) is 0 Å². The first kappa shape index (κ1) is 8.06. The van der Waals surface area contributed by atoms with Gasteiger partial charge in [0.25, 0.3) is 0 Å². The summed E-state index contributed by atoms with van der Waals surface area (Å²) in [4.78, 5) is 0. The van der Waals surface area contributed by atoms with Crippen molar-refractivity contribution in [1.82, 2.24) is 0 Å². The van der Waals surface area contributed by atoms with E-state index >= 15 is 0 Å². The van der Waals surface area contributed by atoms with Gasteiger partial charge in [0.2, 0.25) is 0 Å². The van der Waals surface area contributed by atoms with Crippen LogP contribution in [-0.4, -0.2) is 6.04 Å². The topological polar surface area (TPSA) is 26.0 Å². The molecule has 60 valence electrons. The maximum absolute atomic E-state index is 5.89. The predicted octanol–water partition coefficient (Wildman–Crippen LogP) is 2.16. The Hall–Kier alpha value is -0.0400. The van der Waals surface area contributed by atoms with Crippen LogP contribution >= 0.6 is 0 Å². The van der Waals surface area contributed by atoms with Gasteiger partial charge in [0.1, 0.15) is 0 Å². The van der Waals surface area contributed by atoms with Crippen LogP contribution in [0.15, 0.2) is 0 Å². The predicted molar refractivity (Wildman–Crippen MR) is 44.8 cm³/mol. The molecule has 1 heteroatoms. The van der Waals surface area contributed by atoms with E-state index in [2.05, 4.69) is 13.8 Å². The lowest BCUT2D eigenvalue weighted by Crippen LogP contribution is -2.26. The van der Waals surface area contributed by atoms with Gasteiger partial charge < -0.3 is 5.73 Å². The molecule has 0 saturated heterocycles. The van der Waals surface area contributed by atoms with E-state index in [9.17, 15) is 0 Å². The molecule has 0 radical (unpaired) electrons. The van der Waals surface area contributed by atoms with Crippen LogP contribution < -0.4 is 5.73 Å². The standard InChI is InChI=1S/C9H19N/c1-7(2)9(10)6-5-8-3-4-8/h7-9H,3-6,10H2,1-2H3. The second kappa shape index (κ2) is 3.38. The van der Waals surface area contributed by atoms with Gasteiger partial charge in [0.15, 0.2) is 0 Å². The van der Waals surface area contributed by atoms with Crippen LogP contribution in [0.1, 0.15) is 39.5 Å². The number of hydrogen-bond acceptors (Lipinski definition) is 1. The normalized spacial score (nSPS) is 21.6. The third kappa shape index (κ3) is 2.70. The van der Waals surface area contributed by atoms with Gasteiger partial charge in [-0.25, -0.2) is 0 Å². The van der Waals surface area contributed by atoms with Crippen molar-refractivity contribution in [1.29, 1.82) is 0 Å². The fraction of sp³-hybridized carbons (Fsp3) is 1.00. The Morgan fingerprint density at radius 2 is 2.00 bits per heavy atom. The Kier molecular flexibility index (Phi) is 2.72. The molecule has 1 fully saturated rings. The highest BCUT2D eigenvalue weighted by molar-refractivity contribution is 4.76. The lowest BCUT2D eigenvalue weighted by Gasteiger charge is -2.14. The summed E-state index contributed by atoms with van der Waals surface area (Å²) >= 11 is 0. The van der Waals surface area contributed by atoms with Crippen molar-refractivity contribution < 1.29 is 0 Å². The Balaban J connectivity index is 1.99. The molecule has 0 aromatic carbocycles. The molecule has 0 aromatic heterocycles. The third-order valence-electron chi connectivity index (χ3n) is 2.46. The highest BCUT2D eigenvalue weighted by Crippen LogP contribution is 2.34. The molecule has 0 aromatic rings. The van der Waals surface area contributed by atoms with Crippen LogP contribution in [0.4, 0.5) is 0 Å². The van der Waals surface area contributed by atoms with E-state index in [1.54, 1.807) is 0 Å². The van der Waals surface area contributed by atoms with Gasteiger partial charge in [-0.1, -0.05) is 26.7 Å². The molecule has 1 rings (SSSR count). The molecule has 2 N–H and O–H groups in total. The molecule has 1 unspecified atom stereocenters. The van der Waals surface area contributed by atoms with Crippen LogP contribution in [0.5, 0.6) is 0 Å². The molecule has 0 bridgehead atoms. The van der Waals surface area contributed by atoms with Crippen molar-refractivity contribution in [2.24, 2.45) is 17.6 Å². The van der Waals surface area contributed by atoms with Crippen molar-refractivity contribution in [3.63, 3.8) is 0 Å². The lowest BCUT2D eigenvalue weighted by atomic mass is 9.99. The van der Waals surface area contributed by atoms with E-state index in [1.165, 1.54) is 25.7 Å². The molecule has 1 atom stereocenters. The van der Waals surface area contributed by atoms with E-state index in [4.69, 9.17) is 5.73 Å². The number of rotatable bonds is 4. The summed E-state index contributed by atoms with van der Waals surface area (Å²) in [5, 5.41) is 0. The Morgan fingerprint density at radius 1 is 1.40 bits per heavy atom. The minimum atomic E-state index is 0.445. The maximum Gasteiger partial charge on any atom is 0.00619 e. The van der Waals surface area contributed by atoms with Crippen molar-refractivity contribution >= 4 is 0 Å². The summed E-state index contributed by atoms with van der Waals surface area (Å²) in [6.45, 7) is 4.41. The van der Waals surface area contributed by atoms with E-state index in [0.29, 0.717) is 12.0 Å². The zero-order valence-electron chi connectivity index (χ0n) is 7.14. The molecular formula is C9H19N. The molecule has 1 nitrogen and oxygen atoms in total. The monoisotopic (exact) mass is 141 g/mol. The Labute approximate surface area is 64.0 Å². The third-order valence-corrected chi connectivity index (χ3v) is 2.46. The Morgan fingerprint density at radius 3 is 2.40 bits per heavy atom. The molecule has 1 aliphatic rings. The summed E-state index contributed by atoms with van der Waals surface area (Å²) in [6.07, 6.45) is 5.54. The van der Waals surface area contributed by atoms with Gasteiger partial charge in [-0.05, 0) is 24.7 Å². The summed E-state index contributed by atoms with van der Waals surface area (Å²) < 4.78 is 0.